The first-order chi connectivity index (χ1) is 11.3. The van der Waals surface area contributed by atoms with E-state index >= 15 is 0 Å². The summed E-state index contributed by atoms with van der Waals surface area (Å²) in [5.41, 5.74) is 1.29. The molecule has 0 atom stereocenters. The van der Waals surface area contributed by atoms with Gasteiger partial charge in [-0.1, -0.05) is 30.3 Å². The molecule has 0 bridgehead atoms. The molecule has 2 aromatic rings. The number of hydrogen-bond acceptors (Lipinski definition) is 4. The molecule has 126 valence electrons. The van der Waals surface area contributed by atoms with Crippen molar-refractivity contribution in [1.29, 1.82) is 0 Å². The molecule has 24 heavy (non-hydrogen) atoms. The van der Waals surface area contributed by atoms with E-state index in [0.717, 1.165) is 11.8 Å². The van der Waals surface area contributed by atoms with Crippen LogP contribution in [-0.4, -0.2) is 31.7 Å². The fourth-order valence-corrected chi connectivity index (χ4v) is 2.80. The minimum absolute atomic E-state index is 0.0378. The minimum atomic E-state index is -3.25. The second-order valence-electron chi connectivity index (χ2n) is 5.33. The first-order valence-electron chi connectivity index (χ1n) is 7.14. The van der Waals surface area contributed by atoms with Crippen molar-refractivity contribution in [3.63, 3.8) is 0 Å². The Kier molecular flexibility index (Phi) is 5.35. The lowest BCUT2D eigenvalue weighted by Gasteiger charge is -2.08. The van der Waals surface area contributed by atoms with Gasteiger partial charge >= 0.3 is 5.97 Å². The van der Waals surface area contributed by atoms with E-state index in [0.29, 0.717) is 5.56 Å². The van der Waals surface area contributed by atoms with Gasteiger partial charge in [-0.3, -0.25) is 4.79 Å². The third kappa shape index (κ3) is 4.66. The largest absolute Gasteiger partial charge is 0.478 e. The van der Waals surface area contributed by atoms with Gasteiger partial charge in [0, 0.05) is 12.8 Å². The number of benzene rings is 2. The molecule has 0 aliphatic heterocycles. The van der Waals surface area contributed by atoms with Crippen LogP contribution in [0.3, 0.4) is 0 Å². The van der Waals surface area contributed by atoms with Crippen LogP contribution in [0.4, 0.5) is 0 Å². The number of carbonyl (C=O) groups excluding carboxylic acids is 1. The van der Waals surface area contributed by atoms with Crippen LogP contribution in [0.25, 0.3) is 0 Å². The van der Waals surface area contributed by atoms with Crippen LogP contribution in [0.2, 0.25) is 0 Å². The Morgan fingerprint density at radius 3 is 2.25 bits per heavy atom. The van der Waals surface area contributed by atoms with Gasteiger partial charge in [0.05, 0.1) is 16.9 Å². The van der Waals surface area contributed by atoms with Crippen LogP contribution < -0.4 is 5.32 Å². The predicted molar refractivity (Wildman–Crippen MR) is 88.5 cm³/mol. The Balaban J connectivity index is 1.98. The van der Waals surface area contributed by atoms with Crippen molar-refractivity contribution >= 4 is 21.7 Å². The summed E-state index contributed by atoms with van der Waals surface area (Å²) < 4.78 is 22.8. The molecule has 2 rings (SSSR count). The smallest absolute Gasteiger partial charge is 0.335 e. The zero-order valence-electron chi connectivity index (χ0n) is 13.0. The maximum absolute atomic E-state index is 12.0. The molecule has 0 aliphatic rings. The average molecular weight is 347 g/mol. The maximum Gasteiger partial charge on any atom is 0.335 e. The fourth-order valence-electron chi connectivity index (χ4n) is 2.17. The summed E-state index contributed by atoms with van der Waals surface area (Å²) in [6.45, 7) is 0.234. The number of rotatable bonds is 6. The summed E-state index contributed by atoms with van der Waals surface area (Å²) in [4.78, 5) is 23.3. The Morgan fingerprint density at radius 2 is 1.67 bits per heavy atom. The normalized spacial score (nSPS) is 11.0. The van der Waals surface area contributed by atoms with Crippen LogP contribution in [0.5, 0.6) is 0 Å². The van der Waals surface area contributed by atoms with Crippen molar-refractivity contribution in [2.75, 3.05) is 6.26 Å². The van der Waals surface area contributed by atoms with Crippen LogP contribution >= 0.6 is 0 Å². The van der Waals surface area contributed by atoms with Gasteiger partial charge in [-0.25, -0.2) is 13.2 Å². The molecule has 0 unspecified atom stereocenters. The Bertz CT molecular complexity index is 857. The summed E-state index contributed by atoms with van der Waals surface area (Å²) >= 11 is 0. The van der Waals surface area contributed by atoms with Crippen molar-refractivity contribution < 1.29 is 23.1 Å². The molecule has 2 aromatic carbocycles. The van der Waals surface area contributed by atoms with Crippen molar-refractivity contribution in [3.8, 4) is 0 Å². The SMILES string of the molecule is CS(=O)(=O)c1ccc(CNC(=O)Cc2ccccc2C(=O)O)cc1. The van der Waals surface area contributed by atoms with Crippen LogP contribution in [0.1, 0.15) is 21.5 Å². The van der Waals surface area contributed by atoms with Crippen molar-refractivity contribution in [1.82, 2.24) is 5.32 Å². The molecule has 1 amide bonds. The number of carbonyl (C=O) groups is 2. The van der Waals surface area contributed by atoms with Gasteiger partial charge in [0.1, 0.15) is 0 Å². The first kappa shape index (κ1) is 17.7. The van der Waals surface area contributed by atoms with E-state index in [9.17, 15) is 18.0 Å². The van der Waals surface area contributed by atoms with Gasteiger partial charge in [-0.15, -0.1) is 0 Å². The monoisotopic (exact) mass is 347 g/mol. The van der Waals surface area contributed by atoms with E-state index < -0.39 is 15.8 Å². The molecule has 0 fully saturated rings. The summed E-state index contributed by atoms with van der Waals surface area (Å²) in [7, 11) is -3.25. The molecule has 0 spiro atoms. The average Bonchev–Trinajstić information content (AvgIpc) is 2.53. The van der Waals surface area contributed by atoms with Gasteiger partial charge in [-0.05, 0) is 29.3 Å². The molecular weight excluding hydrogens is 330 g/mol. The fraction of sp³-hybridized carbons (Fsp3) is 0.176. The Morgan fingerprint density at radius 1 is 1.04 bits per heavy atom. The molecule has 7 heteroatoms. The van der Waals surface area contributed by atoms with E-state index in [1.807, 2.05) is 0 Å². The number of sulfone groups is 1. The van der Waals surface area contributed by atoms with Crippen molar-refractivity contribution in [2.24, 2.45) is 0 Å². The van der Waals surface area contributed by atoms with E-state index in [1.54, 1.807) is 30.3 Å². The lowest BCUT2D eigenvalue weighted by molar-refractivity contribution is -0.120. The summed E-state index contributed by atoms with van der Waals surface area (Å²) in [6.07, 6.45) is 1.09. The molecule has 0 radical (unpaired) electrons. The van der Waals surface area contributed by atoms with Crippen LogP contribution in [-0.2, 0) is 27.6 Å². The van der Waals surface area contributed by atoms with Gasteiger partial charge in [0.15, 0.2) is 9.84 Å². The number of carboxylic acid groups (broad SMARTS) is 1. The van der Waals surface area contributed by atoms with E-state index in [1.165, 1.54) is 18.2 Å². The number of hydrogen-bond donors (Lipinski definition) is 2. The van der Waals surface area contributed by atoms with Gasteiger partial charge in [0.25, 0.3) is 0 Å². The van der Waals surface area contributed by atoms with Crippen molar-refractivity contribution in [2.45, 2.75) is 17.9 Å². The second-order valence-corrected chi connectivity index (χ2v) is 7.35. The van der Waals surface area contributed by atoms with Gasteiger partial charge in [-0.2, -0.15) is 0 Å². The van der Waals surface area contributed by atoms with Gasteiger partial charge < -0.3 is 10.4 Å². The summed E-state index contributed by atoms with van der Waals surface area (Å²) in [5, 5.41) is 11.8. The number of aromatic carboxylic acids is 1. The number of amides is 1. The zero-order valence-corrected chi connectivity index (χ0v) is 13.8. The van der Waals surface area contributed by atoms with Crippen LogP contribution in [0.15, 0.2) is 53.4 Å². The minimum Gasteiger partial charge on any atom is -0.478 e. The highest BCUT2D eigenvalue weighted by molar-refractivity contribution is 7.90. The number of nitrogens with one attached hydrogen (secondary N) is 1. The third-order valence-electron chi connectivity index (χ3n) is 3.44. The predicted octanol–water partition coefficient (Wildman–Crippen LogP) is 1.65. The lowest BCUT2D eigenvalue weighted by Crippen LogP contribution is -2.25. The Hall–Kier alpha value is -2.67. The lowest BCUT2D eigenvalue weighted by atomic mass is 10.0. The maximum atomic E-state index is 12.0. The summed E-state index contributed by atoms with van der Waals surface area (Å²) in [5.74, 6) is -1.38. The highest BCUT2D eigenvalue weighted by atomic mass is 32.2. The Labute approximate surface area is 140 Å². The topological polar surface area (TPSA) is 101 Å². The molecule has 2 N–H and O–H groups in total. The first-order valence-corrected chi connectivity index (χ1v) is 9.03. The third-order valence-corrected chi connectivity index (χ3v) is 4.57. The van der Waals surface area contributed by atoms with E-state index in [2.05, 4.69) is 5.32 Å². The molecule has 0 aliphatic carbocycles. The molecule has 0 aromatic heterocycles. The molecular formula is C17H17NO5S. The van der Waals surface area contributed by atoms with Crippen LogP contribution in [0, 0.1) is 0 Å². The van der Waals surface area contributed by atoms with Crippen molar-refractivity contribution in [3.05, 3.63) is 65.2 Å². The molecule has 0 saturated carbocycles. The number of carboxylic acids is 1. The zero-order chi connectivity index (χ0) is 17.7. The molecule has 6 nitrogen and oxygen atoms in total. The summed E-state index contributed by atoms with van der Waals surface area (Å²) in [6, 6.07) is 12.6. The second kappa shape index (κ2) is 7.27. The van der Waals surface area contributed by atoms with E-state index in [-0.39, 0.29) is 29.3 Å². The van der Waals surface area contributed by atoms with Gasteiger partial charge in [0.2, 0.25) is 5.91 Å². The van der Waals surface area contributed by atoms with E-state index in [4.69, 9.17) is 5.11 Å². The highest BCUT2D eigenvalue weighted by Gasteiger charge is 2.12. The molecule has 0 saturated heterocycles. The quantitative estimate of drug-likeness (QED) is 0.827. The highest BCUT2D eigenvalue weighted by Crippen LogP contribution is 2.11. The standard InChI is InChI=1S/C17H17NO5S/c1-24(22,23)14-8-6-12(7-9-14)11-18-16(19)10-13-4-2-3-5-15(13)17(20)21/h2-9H,10-11H2,1H3,(H,18,19)(H,20,21). The molecule has 0 heterocycles.